The number of benzene rings is 2. The zero-order chi connectivity index (χ0) is 21.2. The highest BCUT2D eigenvalue weighted by atomic mass is 32.2. The summed E-state index contributed by atoms with van der Waals surface area (Å²) >= 11 is 1.56. The summed E-state index contributed by atoms with van der Waals surface area (Å²) in [5.74, 6) is 1.64. The molecule has 31 heavy (non-hydrogen) atoms. The van der Waals surface area contributed by atoms with Crippen molar-refractivity contribution in [2.75, 3.05) is 5.75 Å². The summed E-state index contributed by atoms with van der Waals surface area (Å²) in [5.41, 5.74) is 1.52. The third kappa shape index (κ3) is 4.06. The van der Waals surface area contributed by atoms with E-state index in [1.807, 2.05) is 48.5 Å². The third-order valence-electron chi connectivity index (χ3n) is 5.74. The largest absolute Gasteiger partial charge is 0.490 e. The van der Waals surface area contributed by atoms with Gasteiger partial charge in [-0.2, -0.15) is 0 Å². The number of carbonyl (C=O) groups excluding carboxylic acids is 1. The van der Waals surface area contributed by atoms with Crippen LogP contribution in [0.15, 0.2) is 58.6 Å². The number of hydrazone groups is 1. The Morgan fingerprint density at radius 2 is 1.90 bits per heavy atom. The zero-order valence-electron chi connectivity index (χ0n) is 17.6. The number of thioether (sulfide) groups is 1. The van der Waals surface area contributed by atoms with Gasteiger partial charge in [-0.25, -0.2) is 5.01 Å². The molecule has 2 heterocycles. The Labute approximate surface area is 186 Å². The molecule has 160 valence electrons. The number of ether oxygens (including phenoxy) is 1. The van der Waals surface area contributed by atoms with Gasteiger partial charge in [0.15, 0.2) is 11.3 Å². The molecule has 2 aliphatic heterocycles. The molecular formula is C24H26N4O2S. The van der Waals surface area contributed by atoms with Crippen LogP contribution >= 0.6 is 11.8 Å². The number of rotatable bonds is 5. The van der Waals surface area contributed by atoms with Gasteiger partial charge in [0.05, 0.1) is 11.5 Å². The van der Waals surface area contributed by atoms with Crippen LogP contribution in [0.1, 0.15) is 50.8 Å². The number of para-hydroxylation sites is 1. The standard InChI is InChI=1S/C24H26N4O2S/c1-2-15-31-24-26-23(29)21-19-9-5-6-10-20(19)25-22(28(21)27-24)16-11-13-18(14-12-16)30-17-7-3-4-8-17/h5-6,9-14,17,22H,2-4,7-8,15H2,1H3,(H,26,27,29)/t22-/m1/s1. The molecule has 1 N–H and O–H groups in total. The van der Waals surface area contributed by atoms with Gasteiger partial charge in [0.25, 0.3) is 5.91 Å². The van der Waals surface area contributed by atoms with Crippen LogP contribution in [0.4, 0.5) is 0 Å². The summed E-state index contributed by atoms with van der Waals surface area (Å²) in [4.78, 5) is 18.0. The van der Waals surface area contributed by atoms with Gasteiger partial charge in [-0.05, 0) is 55.9 Å². The number of amides is 1. The summed E-state index contributed by atoms with van der Waals surface area (Å²) < 4.78 is 6.11. The van der Waals surface area contributed by atoms with Crippen LogP contribution in [0.2, 0.25) is 0 Å². The van der Waals surface area contributed by atoms with Crippen LogP contribution in [0.25, 0.3) is 5.70 Å². The highest BCUT2D eigenvalue weighted by Crippen LogP contribution is 2.32. The van der Waals surface area contributed by atoms with Crippen LogP contribution in [0, 0.1) is 0 Å². The van der Waals surface area contributed by atoms with Gasteiger partial charge >= 0.3 is 0 Å². The molecule has 5 rings (SSSR count). The van der Waals surface area contributed by atoms with Crippen molar-refractivity contribution in [1.82, 2.24) is 10.3 Å². The van der Waals surface area contributed by atoms with Crippen LogP contribution in [0.5, 0.6) is 5.75 Å². The fourth-order valence-electron chi connectivity index (χ4n) is 4.23. The molecule has 0 saturated heterocycles. The van der Waals surface area contributed by atoms with Gasteiger partial charge in [-0.3, -0.25) is 15.1 Å². The van der Waals surface area contributed by atoms with E-state index in [1.165, 1.54) is 12.8 Å². The molecule has 0 unspecified atom stereocenters. The minimum Gasteiger partial charge on any atom is -0.490 e. The fraction of sp³-hybridized carbons (Fsp3) is 0.375. The fourth-order valence-corrected chi connectivity index (χ4v) is 4.93. The number of carbonyl (C=O) groups is 1. The van der Waals surface area contributed by atoms with Crippen molar-refractivity contribution in [2.24, 2.45) is 10.1 Å². The lowest BCUT2D eigenvalue weighted by atomic mass is 10.1. The molecule has 2 aromatic rings. The molecule has 1 aliphatic carbocycles. The monoisotopic (exact) mass is 434 g/mol. The van der Waals surface area contributed by atoms with E-state index in [-0.39, 0.29) is 5.91 Å². The van der Waals surface area contributed by atoms with E-state index in [1.54, 1.807) is 16.8 Å². The zero-order valence-corrected chi connectivity index (χ0v) is 18.4. The highest BCUT2D eigenvalue weighted by molar-refractivity contribution is 8.13. The number of nitrogens with one attached hydrogen (secondary N) is 1. The van der Waals surface area contributed by atoms with Gasteiger partial charge in [0, 0.05) is 11.0 Å². The van der Waals surface area contributed by atoms with Crippen molar-refractivity contribution >= 4 is 28.5 Å². The summed E-state index contributed by atoms with van der Waals surface area (Å²) in [5, 5.41) is 11.7. The lowest BCUT2D eigenvalue weighted by Crippen LogP contribution is -2.50. The smallest absolute Gasteiger partial charge is 0.276 e. The normalized spacial score (nSPS) is 20.5. The first kappa shape index (κ1) is 20.1. The minimum atomic E-state index is -0.395. The van der Waals surface area contributed by atoms with Crippen molar-refractivity contribution in [2.45, 2.75) is 51.3 Å². The third-order valence-corrected chi connectivity index (χ3v) is 6.81. The minimum absolute atomic E-state index is 0.137. The molecule has 1 saturated carbocycles. The van der Waals surface area contributed by atoms with Crippen molar-refractivity contribution < 1.29 is 9.53 Å². The Balaban J connectivity index is 1.51. The average Bonchev–Trinajstić information content (AvgIpc) is 3.30. The maximum absolute atomic E-state index is 13.0. The second-order valence-electron chi connectivity index (χ2n) is 8.01. The lowest BCUT2D eigenvalue weighted by Gasteiger charge is -2.34. The second-order valence-corrected chi connectivity index (χ2v) is 9.10. The molecular weight excluding hydrogens is 408 g/mol. The van der Waals surface area contributed by atoms with E-state index in [0.29, 0.717) is 17.0 Å². The van der Waals surface area contributed by atoms with Crippen molar-refractivity contribution in [3.63, 3.8) is 0 Å². The van der Waals surface area contributed by atoms with E-state index in [4.69, 9.17) is 14.8 Å². The second kappa shape index (κ2) is 8.75. The molecule has 6 nitrogen and oxygen atoms in total. The molecule has 1 fully saturated rings. The molecule has 7 heteroatoms. The number of nitrogens with zero attached hydrogens (tertiary/aromatic N) is 3. The first-order valence-corrected chi connectivity index (χ1v) is 12.0. The molecule has 1 atom stereocenters. The Kier molecular flexibility index (Phi) is 5.68. The van der Waals surface area contributed by atoms with Gasteiger partial charge in [0.1, 0.15) is 11.4 Å². The van der Waals surface area contributed by atoms with E-state index < -0.39 is 6.17 Å². The molecule has 2 aromatic carbocycles. The molecule has 1 amide bonds. The van der Waals surface area contributed by atoms with E-state index in [0.717, 1.165) is 46.9 Å². The molecule has 0 spiro atoms. The van der Waals surface area contributed by atoms with E-state index >= 15 is 0 Å². The Morgan fingerprint density at radius 1 is 1.13 bits per heavy atom. The molecule has 0 aromatic heterocycles. The Morgan fingerprint density at radius 3 is 2.68 bits per heavy atom. The SMILES string of the molecule is CCCSC1=NN2C(=c3ccccc3=N[C@H]2c2ccc(OC3CCCC3)cc2)C(=O)N1. The summed E-state index contributed by atoms with van der Waals surface area (Å²) in [6.45, 7) is 2.11. The maximum Gasteiger partial charge on any atom is 0.276 e. The number of hydrogen-bond acceptors (Lipinski definition) is 6. The van der Waals surface area contributed by atoms with Crippen molar-refractivity contribution in [3.05, 3.63) is 64.7 Å². The van der Waals surface area contributed by atoms with Crippen molar-refractivity contribution in [1.29, 1.82) is 0 Å². The summed E-state index contributed by atoms with van der Waals surface area (Å²) in [6.07, 6.45) is 5.69. The summed E-state index contributed by atoms with van der Waals surface area (Å²) in [6, 6.07) is 15.8. The molecule has 0 radical (unpaired) electrons. The van der Waals surface area contributed by atoms with E-state index in [9.17, 15) is 4.79 Å². The predicted octanol–water partition coefficient (Wildman–Crippen LogP) is 3.29. The maximum atomic E-state index is 13.0. The van der Waals surface area contributed by atoms with Crippen LogP contribution in [0.3, 0.4) is 0 Å². The molecule has 3 aliphatic rings. The summed E-state index contributed by atoms with van der Waals surface area (Å²) in [7, 11) is 0. The number of amidine groups is 1. The first-order chi connectivity index (χ1) is 15.2. The van der Waals surface area contributed by atoms with E-state index in [2.05, 4.69) is 12.2 Å². The van der Waals surface area contributed by atoms with Gasteiger partial charge < -0.3 is 4.74 Å². The Bertz CT molecular complexity index is 1120. The highest BCUT2D eigenvalue weighted by Gasteiger charge is 2.34. The lowest BCUT2D eigenvalue weighted by molar-refractivity contribution is -0.116. The van der Waals surface area contributed by atoms with Gasteiger partial charge in [-0.15, -0.1) is 5.10 Å². The molecule has 0 bridgehead atoms. The average molecular weight is 435 g/mol. The van der Waals surface area contributed by atoms with Crippen molar-refractivity contribution in [3.8, 4) is 5.75 Å². The topological polar surface area (TPSA) is 66.3 Å². The number of fused-ring (bicyclic) bond motifs is 2. The van der Waals surface area contributed by atoms with Gasteiger partial charge in [0.2, 0.25) is 0 Å². The van der Waals surface area contributed by atoms with Gasteiger partial charge in [-0.1, -0.05) is 49.0 Å². The number of hydrogen-bond donors (Lipinski definition) is 1. The van der Waals surface area contributed by atoms with Crippen LogP contribution in [-0.4, -0.2) is 27.9 Å². The van der Waals surface area contributed by atoms with Crippen LogP contribution in [-0.2, 0) is 4.79 Å². The quantitative estimate of drug-likeness (QED) is 0.784. The first-order valence-electron chi connectivity index (χ1n) is 11.0. The predicted molar refractivity (Wildman–Crippen MR) is 123 cm³/mol. The Hall–Kier alpha value is -2.80. The van der Waals surface area contributed by atoms with Crippen LogP contribution < -0.4 is 20.6 Å².